The lowest BCUT2D eigenvalue weighted by Gasteiger charge is -2.15. The second-order valence-corrected chi connectivity index (χ2v) is 7.05. The SMILES string of the molecule is O=C(NC(=O)c1ccccc1Cl)Nc1cnn(-c2cc(C(F)(F)F)cc(C(F)(F)F)c2)c(=O)c1. The maximum absolute atomic E-state index is 13.0. The minimum absolute atomic E-state index is 0.0159. The molecule has 34 heavy (non-hydrogen) atoms. The predicted octanol–water partition coefficient (Wildman–Crippen LogP) is 4.89. The van der Waals surface area contributed by atoms with Crippen molar-refractivity contribution in [3.8, 4) is 5.69 Å². The van der Waals surface area contributed by atoms with E-state index in [9.17, 15) is 40.7 Å². The lowest BCUT2D eigenvalue weighted by Crippen LogP contribution is -2.35. The molecule has 0 aliphatic rings. The topological polar surface area (TPSA) is 93.1 Å². The summed E-state index contributed by atoms with van der Waals surface area (Å²) in [5.74, 6) is -0.868. The van der Waals surface area contributed by atoms with Crippen LogP contribution >= 0.6 is 11.6 Å². The molecular formula is C20H11ClF6N4O3. The molecule has 3 rings (SSSR count). The van der Waals surface area contributed by atoms with E-state index in [-0.39, 0.29) is 22.3 Å². The normalized spacial score (nSPS) is 11.7. The van der Waals surface area contributed by atoms with E-state index in [0.717, 1.165) is 6.20 Å². The number of anilines is 1. The van der Waals surface area contributed by atoms with Crippen LogP contribution in [0.2, 0.25) is 5.02 Å². The summed E-state index contributed by atoms with van der Waals surface area (Å²) in [6.07, 6.45) is -9.44. The highest BCUT2D eigenvalue weighted by Crippen LogP contribution is 2.36. The van der Waals surface area contributed by atoms with Crippen LogP contribution in [0.1, 0.15) is 21.5 Å². The quantitative estimate of drug-likeness (QED) is 0.497. The molecule has 0 fully saturated rings. The Morgan fingerprint density at radius 2 is 1.50 bits per heavy atom. The molecule has 0 unspecified atom stereocenters. The molecule has 2 aromatic carbocycles. The smallest absolute Gasteiger partial charge is 0.306 e. The number of hydrogen-bond acceptors (Lipinski definition) is 4. The third kappa shape index (κ3) is 5.73. The Morgan fingerprint density at radius 1 is 0.912 bits per heavy atom. The summed E-state index contributed by atoms with van der Waals surface area (Å²) in [5, 5.41) is 7.63. The Bertz CT molecular complexity index is 1290. The van der Waals surface area contributed by atoms with Crippen LogP contribution in [0.25, 0.3) is 5.69 Å². The molecule has 0 atom stereocenters. The Balaban J connectivity index is 1.85. The zero-order valence-electron chi connectivity index (χ0n) is 16.5. The molecule has 7 nitrogen and oxygen atoms in total. The molecule has 0 saturated carbocycles. The predicted molar refractivity (Wildman–Crippen MR) is 108 cm³/mol. The molecular weight excluding hydrogens is 494 g/mol. The first-order valence-corrected chi connectivity index (χ1v) is 9.39. The van der Waals surface area contributed by atoms with Crippen LogP contribution in [-0.2, 0) is 12.4 Å². The number of carbonyl (C=O) groups excluding carboxylic acids is 2. The van der Waals surface area contributed by atoms with Crippen molar-refractivity contribution in [2.24, 2.45) is 0 Å². The minimum atomic E-state index is -5.12. The maximum Gasteiger partial charge on any atom is 0.416 e. The molecule has 0 bridgehead atoms. The fraction of sp³-hybridized carbons (Fsp3) is 0.100. The Hall–Kier alpha value is -3.87. The van der Waals surface area contributed by atoms with Crippen molar-refractivity contribution in [3.63, 3.8) is 0 Å². The summed E-state index contributed by atoms with van der Waals surface area (Å²) in [6.45, 7) is 0. The van der Waals surface area contributed by atoms with Crippen LogP contribution in [0.15, 0.2) is 59.5 Å². The number of amides is 3. The summed E-state index contributed by atoms with van der Waals surface area (Å²) < 4.78 is 78.6. The second-order valence-electron chi connectivity index (χ2n) is 6.65. The molecule has 0 aliphatic carbocycles. The summed E-state index contributed by atoms with van der Waals surface area (Å²) in [7, 11) is 0. The molecule has 3 aromatic rings. The average molecular weight is 505 g/mol. The van der Waals surface area contributed by atoms with E-state index < -0.39 is 46.7 Å². The van der Waals surface area contributed by atoms with Crippen molar-refractivity contribution in [1.29, 1.82) is 0 Å². The van der Waals surface area contributed by atoms with Gasteiger partial charge in [0.1, 0.15) is 0 Å². The van der Waals surface area contributed by atoms with E-state index in [0.29, 0.717) is 22.9 Å². The van der Waals surface area contributed by atoms with E-state index >= 15 is 0 Å². The number of rotatable bonds is 3. The summed E-state index contributed by atoms with van der Waals surface area (Å²) >= 11 is 5.85. The number of nitrogens with one attached hydrogen (secondary N) is 2. The van der Waals surface area contributed by atoms with Crippen LogP contribution < -0.4 is 16.2 Å². The summed E-state index contributed by atoms with van der Waals surface area (Å²) in [4.78, 5) is 36.4. The number of imide groups is 1. The highest BCUT2D eigenvalue weighted by molar-refractivity contribution is 6.34. The monoisotopic (exact) mass is 504 g/mol. The van der Waals surface area contributed by atoms with Gasteiger partial charge in [-0.2, -0.15) is 36.1 Å². The average Bonchev–Trinajstić information content (AvgIpc) is 2.72. The van der Waals surface area contributed by atoms with Gasteiger partial charge in [-0.15, -0.1) is 0 Å². The molecule has 0 saturated heterocycles. The largest absolute Gasteiger partial charge is 0.416 e. The van der Waals surface area contributed by atoms with Crippen molar-refractivity contribution in [2.45, 2.75) is 12.4 Å². The van der Waals surface area contributed by atoms with Gasteiger partial charge in [-0.25, -0.2) is 4.79 Å². The molecule has 1 aromatic heterocycles. The Morgan fingerprint density at radius 3 is 2.03 bits per heavy atom. The Labute approximate surface area is 191 Å². The highest BCUT2D eigenvalue weighted by Gasteiger charge is 2.37. The summed E-state index contributed by atoms with van der Waals surface area (Å²) in [5.41, 5.74) is -5.51. The molecule has 0 spiro atoms. The van der Waals surface area contributed by atoms with Crippen LogP contribution in [-0.4, -0.2) is 21.7 Å². The van der Waals surface area contributed by atoms with Crippen molar-refractivity contribution in [2.75, 3.05) is 5.32 Å². The molecule has 2 N–H and O–H groups in total. The zero-order chi connectivity index (χ0) is 25.3. The van der Waals surface area contributed by atoms with E-state index in [1.54, 1.807) is 6.07 Å². The molecule has 3 amide bonds. The standard InChI is InChI=1S/C20H11ClF6N4O3/c21-15-4-2-1-3-14(15)17(33)30-18(34)29-12-8-16(32)31(28-9-12)13-6-10(19(22,23)24)5-11(7-13)20(25,26)27/h1-9H,(H2,29,30,33,34). The number of urea groups is 1. The third-order valence-corrected chi connectivity index (χ3v) is 4.55. The fourth-order valence-corrected chi connectivity index (χ4v) is 2.93. The molecule has 14 heteroatoms. The Kier molecular flexibility index (Phi) is 6.68. The summed E-state index contributed by atoms with van der Waals surface area (Å²) in [6, 6.07) is 5.97. The van der Waals surface area contributed by atoms with Crippen LogP contribution in [0, 0.1) is 0 Å². The maximum atomic E-state index is 13.0. The third-order valence-electron chi connectivity index (χ3n) is 4.22. The number of nitrogens with zero attached hydrogens (tertiary/aromatic N) is 2. The van der Waals surface area contributed by atoms with Gasteiger partial charge in [0.15, 0.2) is 0 Å². The number of benzene rings is 2. The van der Waals surface area contributed by atoms with E-state index in [1.807, 2.05) is 5.32 Å². The number of hydrogen-bond donors (Lipinski definition) is 2. The first-order valence-electron chi connectivity index (χ1n) is 9.02. The van der Waals surface area contributed by atoms with Crippen LogP contribution in [0.3, 0.4) is 0 Å². The fourth-order valence-electron chi connectivity index (χ4n) is 2.71. The van der Waals surface area contributed by atoms with Gasteiger partial charge >= 0.3 is 18.4 Å². The highest BCUT2D eigenvalue weighted by atomic mass is 35.5. The number of aromatic nitrogens is 2. The molecule has 1 heterocycles. The van der Waals surface area contributed by atoms with Gasteiger partial charge in [0, 0.05) is 6.07 Å². The van der Waals surface area contributed by atoms with Crippen molar-refractivity contribution in [1.82, 2.24) is 15.1 Å². The van der Waals surface area contributed by atoms with Crippen LogP contribution in [0.4, 0.5) is 36.8 Å². The minimum Gasteiger partial charge on any atom is -0.306 e. The van der Waals surface area contributed by atoms with Gasteiger partial charge in [0.05, 0.1) is 39.3 Å². The van der Waals surface area contributed by atoms with Gasteiger partial charge in [-0.1, -0.05) is 23.7 Å². The van der Waals surface area contributed by atoms with E-state index in [1.165, 1.54) is 18.2 Å². The lowest BCUT2D eigenvalue weighted by molar-refractivity contribution is -0.143. The first-order chi connectivity index (χ1) is 15.8. The molecule has 0 aliphatic heterocycles. The van der Waals surface area contributed by atoms with Gasteiger partial charge in [0.2, 0.25) is 0 Å². The first kappa shape index (κ1) is 24.8. The van der Waals surface area contributed by atoms with E-state index in [2.05, 4.69) is 10.4 Å². The number of halogens is 7. The number of carbonyl (C=O) groups is 2. The zero-order valence-corrected chi connectivity index (χ0v) is 17.2. The molecule has 0 radical (unpaired) electrons. The van der Waals surface area contributed by atoms with Gasteiger partial charge in [-0.05, 0) is 30.3 Å². The van der Waals surface area contributed by atoms with Crippen molar-refractivity contribution >= 4 is 29.2 Å². The molecule has 178 valence electrons. The van der Waals surface area contributed by atoms with Crippen molar-refractivity contribution < 1.29 is 35.9 Å². The second kappa shape index (κ2) is 9.17. The van der Waals surface area contributed by atoms with Gasteiger partial charge in [0.25, 0.3) is 11.5 Å². The van der Waals surface area contributed by atoms with Gasteiger partial charge in [-0.3, -0.25) is 14.9 Å². The van der Waals surface area contributed by atoms with Crippen LogP contribution in [0.5, 0.6) is 0 Å². The number of alkyl halides is 6. The van der Waals surface area contributed by atoms with E-state index in [4.69, 9.17) is 11.6 Å². The van der Waals surface area contributed by atoms with Gasteiger partial charge < -0.3 is 5.32 Å². The lowest BCUT2D eigenvalue weighted by atomic mass is 10.1. The van der Waals surface area contributed by atoms with Crippen molar-refractivity contribution in [3.05, 3.63) is 86.8 Å².